The van der Waals surface area contributed by atoms with Gasteiger partial charge in [0, 0.05) is 0 Å². The second kappa shape index (κ2) is 7.52. The van der Waals surface area contributed by atoms with Gasteiger partial charge in [0.2, 0.25) is 0 Å². The topological polar surface area (TPSA) is 99.3 Å². The maximum Gasteiger partial charge on any atom is 0.180 e. The first-order valence-corrected chi connectivity index (χ1v) is 9.61. The summed E-state index contributed by atoms with van der Waals surface area (Å²) in [4.78, 5) is 0.126. The van der Waals surface area contributed by atoms with Gasteiger partial charge in [-0.15, -0.1) is 0 Å². The zero-order valence-corrected chi connectivity index (χ0v) is 15.6. The number of sulfone groups is 1. The van der Waals surface area contributed by atoms with Crippen molar-refractivity contribution in [3.05, 3.63) is 45.3 Å². The summed E-state index contributed by atoms with van der Waals surface area (Å²) in [5, 5.41) is 26.4. The van der Waals surface area contributed by atoms with Gasteiger partial charge in [-0.05, 0) is 68.3 Å². The van der Waals surface area contributed by atoms with Crippen molar-refractivity contribution < 1.29 is 18.6 Å². The Kier molecular flexibility index (Phi) is 5.90. The second-order valence-corrected chi connectivity index (χ2v) is 8.31. The first kappa shape index (κ1) is 18.1. The van der Waals surface area contributed by atoms with Crippen LogP contribution in [0.1, 0.15) is 0 Å². The van der Waals surface area contributed by atoms with Gasteiger partial charge in [-0.25, -0.2) is 8.42 Å². The third-order valence-corrected chi connectivity index (χ3v) is 5.76. The molecular weight excluding hydrogens is 452 g/mol. The summed E-state index contributed by atoms with van der Waals surface area (Å²) in [5.41, 5.74) is 0.992. The smallest absolute Gasteiger partial charge is 0.180 e. The number of hydrogen-bond acceptors (Lipinski definition) is 6. The molecule has 0 saturated carbocycles. The molecule has 2 aromatic carbocycles. The highest BCUT2D eigenvalue weighted by atomic mass is 79.9. The van der Waals surface area contributed by atoms with Crippen LogP contribution in [-0.4, -0.2) is 31.0 Å². The summed E-state index contributed by atoms with van der Waals surface area (Å²) in [6.45, 7) is -0.422. The van der Waals surface area contributed by atoms with E-state index in [-0.39, 0.29) is 16.4 Å². The fourth-order valence-corrected chi connectivity index (χ4v) is 3.87. The zero-order chi connectivity index (χ0) is 17.0. The van der Waals surface area contributed by atoms with Gasteiger partial charge in [0.05, 0.1) is 37.6 Å². The Labute approximate surface area is 150 Å². The Morgan fingerprint density at radius 2 is 1.48 bits per heavy atom. The minimum absolute atomic E-state index is 0.0717. The predicted octanol–water partition coefficient (Wildman–Crippen LogP) is 4.10. The molecule has 0 aliphatic heterocycles. The molecule has 6 nitrogen and oxygen atoms in total. The Hall–Kier alpha value is -1.29. The highest BCUT2D eigenvalue weighted by molar-refractivity contribution is 9.11. The standard InChI is InChI=1S/C14H12Br2N2O4S/c15-12-7-10(8-13(16)14(12)20)18-17-9-1-3-11(4-2-9)23(21,22)6-5-19/h1-4,7-8,19-20H,5-6H2. The SMILES string of the molecule is O=S(=O)(CCO)c1ccc(N=Nc2cc(Br)c(O)c(Br)c2)cc1. The number of rotatable bonds is 5. The molecule has 2 N–H and O–H groups in total. The number of azo groups is 1. The average Bonchev–Trinajstić information content (AvgIpc) is 2.51. The lowest BCUT2D eigenvalue weighted by Crippen LogP contribution is -2.09. The van der Waals surface area contributed by atoms with Crippen molar-refractivity contribution in [2.75, 3.05) is 12.4 Å². The predicted molar refractivity (Wildman–Crippen MR) is 93.3 cm³/mol. The number of benzene rings is 2. The Morgan fingerprint density at radius 1 is 0.957 bits per heavy atom. The third-order valence-electron chi connectivity index (χ3n) is 2.84. The van der Waals surface area contributed by atoms with Crippen molar-refractivity contribution in [1.82, 2.24) is 0 Å². The Balaban J connectivity index is 2.21. The van der Waals surface area contributed by atoms with Gasteiger partial charge in [0.1, 0.15) is 5.75 Å². The van der Waals surface area contributed by atoms with Crippen LogP contribution in [0.5, 0.6) is 5.75 Å². The number of hydrogen-bond donors (Lipinski definition) is 2. The fraction of sp³-hybridized carbons (Fsp3) is 0.143. The van der Waals surface area contributed by atoms with E-state index < -0.39 is 16.4 Å². The van der Waals surface area contributed by atoms with E-state index in [1.54, 1.807) is 12.1 Å². The lowest BCUT2D eigenvalue weighted by atomic mass is 10.3. The van der Waals surface area contributed by atoms with Crippen LogP contribution < -0.4 is 0 Å². The van der Waals surface area contributed by atoms with E-state index >= 15 is 0 Å². The van der Waals surface area contributed by atoms with Gasteiger partial charge < -0.3 is 10.2 Å². The molecule has 0 unspecified atom stereocenters. The summed E-state index contributed by atoms with van der Waals surface area (Å²) in [6, 6.07) is 9.09. The van der Waals surface area contributed by atoms with Crippen molar-refractivity contribution in [2.24, 2.45) is 10.2 Å². The van der Waals surface area contributed by atoms with Crippen molar-refractivity contribution in [3.63, 3.8) is 0 Å². The summed E-state index contributed by atoms with van der Waals surface area (Å²) >= 11 is 6.40. The zero-order valence-electron chi connectivity index (χ0n) is 11.6. The molecule has 0 fully saturated rings. The molecule has 122 valence electrons. The summed E-state index contributed by atoms with van der Waals surface area (Å²) < 4.78 is 24.5. The molecule has 0 spiro atoms. The number of aliphatic hydroxyl groups excluding tert-OH is 1. The molecule has 0 radical (unpaired) electrons. The van der Waals surface area contributed by atoms with Crippen LogP contribution in [0.25, 0.3) is 0 Å². The first-order chi connectivity index (χ1) is 10.8. The van der Waals surface area contributed by atoms with Crippen LogP contribution in [-0.2, 0) is 9.84 Å². The highest BCUT2D eigenvalue weighted by Gasteiger charge is 2.13. The lowest BCUT2D eigenvalue weighted by Gasteiger charge is -2.03. The molecule has 0 saturated heterocycles. The summed E-state index contributed by atoms with van der Waals surface area (Å²) in [7, 11) is -3.47. The fourth-order valence-electron chi connectivity index (χ4n) is 1.68. The number of phenolic OH excluding ortho intramolecular Hbond substituents is 1. The van der Waals surface area contributed by atoms with Crippen molar-refractivity contribution >= 4 is 53.1 Å². The van der Waals surface area contributed by atoms with E-state index in [9.17, 15) is 13.5 Å². The molecule has 0 amide bonds. The van der Waals surface area contributed by atoms with E-state index in [1.807, 2.05) is 0 Å². The lowest BCUT2D eigenvalue weighted by molar-refractivity contribution is 0.319. The largest absolute Gasteiger partial charge is 0.506 e. The molecule has 0 heterocycles. The maximum atomic E-state index is 11.8. The van der Waals surface area contributed by atoms with Gasteiger partial charge in [-0.3, -0.25) is 0 Å². The maximum absolute atomic E-state index is 11.8. The third kappa shape index (κ3) is 4.60. The molecule has 23 heavy (non-hydrogen) atoms. The number of aromatic hydroxyl groups is 1. The molecule has 2 rings (SSSR count). The number of halogens is 2. The van der Waals surface area contributed by atoms with Crippen LogP contribution >= 0.6 is 31.9 Å². The normalized spacial score (nSPS) is 12.0. The van der Waals surface area contributed by atoms with Gasteiger partial charge in [0.15, 0.2) is 9.84 Å². The van der Waals surface area contributed by atoms with E-state index in [2.05, 4.69) is 42.1 Å². The molecule has 9 heteroatoms. The van der Waals surface area contributed by atoms with Crippen LogP contribution in [0, 0.1) is 0 Å². The van der Waals surface area contributed by atoms with E-state index in [0.29, 0.717) is 20.3 Å². The van der Waals surface area contributed by atoms with E-state index in [0.717, 1.165) is 0 Å². The van der Waals surface area contributed by atoms with Gasteiger partial charge in [0.25, 0.3) is 0 Å². The van der Waals surface area contributed by atoms with Crippen LogP contribution in [0.15, 0.2) is 60.5 Å². The Bertz CT molecular complexity index is 813. The monoisotopic (exact) mass is 462 g/mol. The molecular formula is C14H12Br2N2O4S. The summed E-state index contributed by atoms with van der Waals surface area (Å²) in [5.74, 6) is -0.244. The number of nitrogens with zero attached hydrogens (tertiary/aromatic N) is 2. The van der Waals surface area contributed by atoms with Crippen molar-refractivity contribution in [1.29, 1.82) is 0 Å². The average molecular weight is 464 g/mol. The van der Waals surface area contributed by atoms with Crippen LogP contribution in [0.4, 0.5) is 11.4 Å². The molecule has 0 aliphatic rings. The molecule has 0 bridgehead atoms. The van der Waals surface area contributed by atoms with Gasteiger partial charge in [-0.2, -0.15) is 10.2 Å². The van der Waals surface area contributed by atoms with E-state index in [4.69, 9.17) is 5.11 Å². The molecule has 0 aliphatic carbocycles. The quantitative estimate of drug-likeness (QED) is 0.652. The minimum Gasteiger partial charge on any atom is -0.506 e. The molecule has 2 aromatic rings. The number of aliphatic hydroxyl groups is 1. The van der Waals surface area contributed by atoms with Crippen LogP contribution in [0.3, 0.4) is 0 Å². The molecule has 0 atom stereocenters. The Morgan fingerprint density at radius 3 is 2.00 bits per heavy atom. The number of phenols is 1. The molecule has 0 aromatic heterocycles. The van der Waals surface area contributed by atoms with Crippen LogP contribution in [0.2, 0.25) is 0 Å². The van der Waals surface area contributed by atoms with Gasteiger partial charge in [-0.1, -0.05) is 0 Å². The second-order valence-electron chi connectivity index (χ2n) is 4.49. The van der Waals surface area contributed by atoms with Crippen molar-refractivity contribution in [2.45, 2.75) is 4.90 Å². The summed E-state index contributed by atoms with van der Waals surface area (Å²) in [6.07, 6.45) is 0. The minimum atomic E-state index is -3.47. The van der Waals surface area contributed by atoms with Crippen molar-refractivity contribution in [3.8, 4) is 5.75 Å². The first-order valence-electron chi connectivity index (χ1n) is 6.37. The van der Waals surface area contributed by atoms with Gasteiger partial charge >= 0.3 is 0 Å². The van der Waals surface area contributed by atoms with E-state index in [1.165, 1.54) is 24.3 Å². The highest BCUT2D eigenvalue weighted by Crippen LogP contribution is 2.36.